The maximum Gasteiger partial charge on any atom is 0.257 e. The average molecular weight is 377 g/mol. The fourth-order valence-electron chi connectivity index (χ4n) is 2.21. The summed E-state index contributed by atoms with van der Waals surface area (Å²) in [6, 6.07) is 12.5. The number of thiazole rings is 1. The van der Waals surface area contributed by atoms with E-state index in [1.807, 2.05) is 25.1 Å². The summed E-state index contributed by atoms with van der Waals surface area (Å²) in [6.45, 7) is 3.54. The zero-order valence-electron chi connectivity index (χ0n) is 13.6. The summed E-state index contributed by atoms with van der Waals surface area (Å²) in [7, 11) is 0. The number of carbonyl (C=O) groups is 1. The molecule has 0 saturated carbocycles. The lowest BCUT2D eigenvalue weighted by Crippen LogP contribution is -2.12. The topological polar surface area (TPSA) is 60.5 Å². The highest BCUT2D eigenvalue weighted by Gasteiger charge is 2.11. The lowest BCUT2D eigenvalue weighted by Gasteiger charge is -2.08. The Kier molecular flexibility index (Phi) is 5.86. The first kappa shape index (κ1) is 17.7. The summed E-state index contributed by atoms with van der Waals surface area (Å²) in [5, 5.41) is 3.99. The van der Waals surface area contributed by atoms with E-state index in [4.69, 9.17) is 21.1 Å². The van der Waals surface area contributed by atoms with Crippen LogP contribution < -0.4 is 10.1 Å². The van der Waals surface area contributed by atoms with E-state index in [9.17, 15) is 4.79 Å². The molecule has 25 heavy (non-hydrogen) atoms. The second-order valence-corrected chi connectivity index (χ2v) is 6.63. The number of anilines is 1. The molecule has 0 aliphatic carbocycles. The number of ether oxygens (including phenoxy) is 2. The van der Waals surface area contributed by atoms with Gasteiger partial charge in [-0.25, -0.2) is 4.98 Å². The van der Waals surface area contributed by atoms with Crippen LogP contribution in [0.1, 0.15) is 17.3 Å². The fourth-order valence-corrected chi connectivity index (χ4v) is 3.35. The number of fused-ring (bicyclic) bond motifs is 1. The van der Waals surface area contributed by atoms with Crippen LogP contribution >= 0.6 is 22.9 Å². The van der Waals surface area contributed by atoms with Gasteiger partial charge in [-0.05, 0) is 43.3 Å². The van der Waals surface area contributed by atoms with E-state index >= 15 is 0 Å². The summed E-state index contributed by atoms with van der Waals surface area (Å²) in [5.41, 5.74) is 1.31. The predicted octanol–water partition coefficient (Wildman–Crippen LogP) is 4.62. The smallest absolute Gasteiger partial charge is 0.257 e. The molecule has 0 bridgehead atoms. The molecular weight excluding hydrogens is 360 g/mol. The number of halogens is 1. The van der Waals surface area contributed by atoms with Crippen molar-refractivity contribution in [3.63, 3.8) is 0 Å². The average Bonchev–Trinajstić information content (AvgIpc) is 3.00. The largest absolute Gasteiger partial charge is 0.491 e. The van der Waals surface area contributed by atoms with E-state index in [0.717, 1.165) is 10.2 Å². The van der Waals surface area contributed by atoms with E-state index in [-0.39, 0.29) is 5.91 Å². The van der Waals surface area contributed by atoms with E-state index in [0.29, 0.717) is 41.3 Å². The third-order valence-electron chi connectivity index (χ3n) is 3.37. The second-order valence-electron chi connectivity index (χ2n) is 5.16. The van der Waals surface area contributed by atoms with Crippen LogP contribution in [0, 0.1) is 0 Å². The normalized spacial score (nSPS) is 10.8. The molecule has 1 heterocycles. The van der Waals surface area contributed by atoms with Crippen molar-refractivity contribution in [2.24, 2.45) is 0 Å². The summed E-state index contributed by atoms with van der Waals surface area (Å²) < 4.78 is 11.7. The quantitative estimate of drug-likeness (QED) is 0.611. The third-order valence-corrected chi connectivity index (χ3v) is 4.54. The van der Waals surface area contributed by atoms with E-state index in [1.54, 1.807) is 24.3 Å². The number of amides is 1. The highest BCUT2D eigenvalue weighted by atomic mass is 35.5. The minimum atomic E-state index is -0.236. The zero-order chi connectivity index (χ0) is 17.6. The van der Waals surface area contributed by atoms with Gasteiger partial charge in [0.05, 0.1) is 16.8 Å². The van der Waals surface area contributed by atoms with Gasteiger partial charge in [-0.2, -0.15) is 0 Å². The monoisotopic (exact) mass is 376 g/mol. The number of carbonyl (C=O) groups excluding carboxylic acids is 1. The Bertz CT molecular complexity index is 882. The predicted molar refractivity (Wildman–Crippen MR) is 101 cm³/mol. The van der Waals surface area contributed by atoms with E-state index < -0.39 is 0 Å². The van der Waals surface area contributed by atoms with Gasteiger partial charge in [0.25, 0.3) is 5.91 Å². The lowest BCUT2D eigenvalue weighted by molar-refractivity contribution is 0.102. The van der Waals surface area contributed by atoms with Crippen molar-refractivity contribution in [3.05, 3.63) is 53.1 Å². The van der Waals surface area contributed by atoms with Gasteiger partial charge in [0.1, 0.15) is 12.4 Å². The van der Waals surface area contributed by atoms with Crippen molar-refractivity contribution in [1.29, 1.82) is 0 Å². The van der Waals surface area contributed by atoms with Crippen LogP contribution in [0.5, 0.6) is 5.75 Å². The number of hydrogen-bond donors (Lipinski definition) is 1. The molecule has 1 N–H and O–H groups in total. The van der Waals surface area contributed by atoms with Crippen LogP contribution in [0.15, 0.2) is 42.5 Å². The van der Waals surface area contributed by atoms with Crippen LogP contribution in [0.25, 0.3) is 10.2 Å². The summed E-state index contributed by atoms with van der Waals surface area (Å²) in [4.78, 5) is 16.8. The van der Waals surface area contributed by atoms with Crippen LogP contribution in [0.4, 0.5) is 5.13 Å². The van der Waals surface area contributed by atoms with E-state index in [2.05, 4.69) is 10.3 Å². The Morgan fingerprint density at radius 3 is 2.96 bits per heavy atom. The highest BCUT2D eigenvalue weighted by molar-refractivity contribution is 7.22. The van der Waals surface area contributed by atoms with Crippen LogP contribution in [-0.2, 0) is 4.74 Å². The van der Waals surface area contributed by atoms with Crippen LogP contribution in [-0.4, -0.2) is 30.7 Å². The molecule has 1 aromatic heterocycles. The molecule has 0 spiro atoms. The van der Waals surface area contributed by atoms with Crippen molar-refractivity contribution in [3.8, 4) is 5.75 Å². The summed E-state index contributed by atoms with van der Waals surface area (Å²) in [5.74, 6) is 0.392. The first-order valence-corrected chi connectivity index (χ1v) is 9.03. The maximum atomic E-state index is 12.4. The molecule has 0 unspecified atom stereocenters. The van der Waals surface area contributed by atoms with Gasteiger partial charge in [-0.3, -0.25) is 10.1 Å². The molecule has 0 fully saturated rings. The third kappa shape index (κ3) is 4.69. The number of benzene rings is 2. The molecule has 0 radical (unpaired) electrons. The van der Waals surface area contributed by atoms with Crippen LogP contribution in [0.3, 0.4) is 0 Å². The minimum absolute atomic E-state index is 0.236. The molecule has 3 rings (SSSR count). The Balaban J connectivity index is 1.67. The van der Waals surface area contributed by atoms with Gasteiger partial charge in [-0.15, -0.1) is 0 Å². The van der Waals surface area contributed by atoms with Gasteiger partial charge in [-0.1, -0.05) is 29.0 Å². The molecule has 3 aromatic rings. The summed E-state index contributed by atoms with van der Waals surface area (Å²) >= 11 is 7.36. The van der Waals surface area contributed by atoms with E-state index in [1.165, 1.54) is 11.3 Å². The molecule has 0 atom stereocenters. The number of rotatable bonds is 7. The molecule has 0 aliphatic rings. The summed E-state index contributed by atoms with van der Waals surface area (Å²) in [6.07, 6.45) is 0. The van der Waals surface area contributed by atoms with Crippen LogP contribution in [0.2, 0.25) is 5.02 Å². The Morgan fingerprint density at radius 1 is 1.24 bits per heavy atom. The first-order chi connectivity index (χ1) is 12.2. The first-order valence-electron chi connectivity index (χ1n) is 7.84. The molecule has 1 amide bonds. The number of nitrogens with zero attached hydrogens (tertiary/aromatic N) is 1. The SMILES string of the molecule is CCOCCOc1cccc(C(=O)Nc2nc3ccc(Cl)cc3s2)c1. The molecule has 130 valence electrons. The van der Waals surface area contributed by atoms with Crippen molar-refractivity contribution < 1.29 is 14.3 Å². The van der Waals surface area contributed by atoms with Gasteiger partial charge >= 0.3 is 0 Å². The molecule has 5 nitrogen and oxygen atoms in total. The highest BCUT2D eigenvalue weighted by Crippen LogP contribution is 2.28. The zero-order valence-corrected chi connectivity index (χ0v) is 15.2. The second kappa shape index (κ2) is 8.29. The molecule has 0 saturated heterocycles. The maximum absolute atomic E-state index is 12.4. The Labute approximate surface area is 154 Å². The Morgan fingerprint density at radius 2 is 2.12 bits per heavy atom. The number of aromatic nitrogens is 1. The van der Waals surface area contributed by atoms with Gasteiger partial charge in [0.2, 0.25) is 0 Å². The van der Waals surface area contributed by atoms with Crippen molar-refractivity contribution in [1.82, 2.24) is 4.98 Å². The fraction of sp³-hybridized carbons (Fsp3) is 0.222. The standard InChI is InChI=1S/C18H17ClN2O3S/c1-2-23-8-9-24-14-5-3-4-12(10-14)17(22)21-18-20-15-7-6-13(19)11-16(15)25-18/h3-7,10-11H,2,8-9H2,1H3,(H,20,21,22). The van der Waals surface area contributed by atoms with Gasteiger partial charge < -0.3 is 9.47 Å². The molecular formula is C18H17ClN2O3S. The van der Waals surface area contributed by atoms with Gasteiger partial charge in [0.15, 0.2) is 5.13 Å². The number of hydrogen-bond acceptors (Lipinski definition) is 5. The molecule has 0 aliphatic heterocycles. The van der Waals surface area contributed by atoms with Crippen molar-refractivity contribution in [2.45, 2.75) is 6.92 Å². The minimum Gasteiger partial charge on any atom is -0.491 e. The van der Waals surface area contributed by atoms with Gasteiger partial charge in [0, 0.05) is 17.2 Å². The lowest BCUT2D eigenvalue weighted by atomic mass is 10.2. The van der Waals surface area contributed by atoms with Crippen molar-refractivity contribution >= 4 is 44.2 Å². The molecule has 2 aromatic carbocycles. The van der Waals surface area contributed by atoms with Crippen molar-refractivity contribution in [2.75, 3.05) is 25.1 Å². The molecule has 7 heteroatoms. The Hall–Kier alpha value is -2.15. The number of nitrogens with one attached hydrogen (secondary N) is 1.